The summed E-state index contributed by atoms with van der Waals surface area (Å²) in [4.78, 5) is 14.1. The van der Waals surface area contributed by atoms with E-state index in [1.54, 1.807) is 13.2 Å². The third-order valence-electron chi connectivity index (χ3n) is 3.34. The Labute approximate surface area is 118 Å². The zero-order valence-electron chi connectivity index (χ0n) is 11.3. The fraction of sp³-hybridized carbons (Fsp3) is 0.500. The average molecular weight is 283 g/mol. The topological polar surface area (TPSA) is 41.6 Å². The molecule has 19 heavy (non-hydrogen) atoms. The molecule has 1 aliphatic heterocycles. The second-order valence-electron chi connectivity index (χ2n) is 4.75. The molecule has 1 aliphatic rings. The Hall–Kier alpha value is -1.26. The van der Waals surface area contributed by atoms with Crippen molar-refractivity contribution in [1.29, 1.82) is 0 Å². The first-order valence-electron chi connectivity index (χ1n) is 6.46. The first-order valence-corrected chi connectivity index (χ1v) is 6.84. The van der Waals surface area contributed by atoms with E-state index in [0.29, 0.717) is 11.6 Å². The molecule has 1 aromatic rings. The van der Waals surface area contributed by atoms with Crippen LogP contribution in [0.4, 0.5) is 0 Å². The minimum atomic E-state index is -0.132. The normalized spacial score (nSPS) is 20.3. The number of hydrogen-bond acceptors (Lipinski definition) is 3. The van der Waals surface area contributed by atoms with Crippen LogP contribution in [0.3, 0.4) is 0 Å². The van der Waals surface area contributed by atoms with Gasteiger partial charge in [0.05, 0.1) is 13.2 Å². The Morgan fingerprint density at radius 3 is 3.05 bits per heavy atom. The van der Waals surface area contributed by atoms with Crippen LogP contribution in [-0.4, -0.2) is 37.0 Å². The number of nitrogens with one attached hydrogen (secondary N) is 1. The number of carbonyl (C=O) groups is 1. The van der Waals surface area contributed by atoms with E-state index in [4.69, 9.17) is 16.3 Å². The van der Waals surface area contributed by atoms with Gasteiger partial charge in [-0.2, -0.15) is 0 Å². The Bertz CT molecular complexity index is 465. The van der Waals surface area contributed by atoms with Crippen molar-refractivity contribution in [3.63, 3.8) is 0 Å². The van der Waals surface area contributed by atoms with Crippen LogP contribution in [0.1, 0.15) is 18.9 Å². The first kappa shape index (κ1) is 14.2. The number of carbonyl (C=O) groups excluding carboxylic acids is 1. The van der Waals surface area contributed by atoms with E-state index in [-0.39, 0.29) is 11.9 Å². The van der Waals surface area contributed by atoms with E-state index >= 15 is 0 Å². The molecule has 1 N–H and O–H groups in total. The highest BCUT2D eigenvalue weighted by molar-refractivity contribution is 6.30. The summed E-state index contributed by atoms with van der Waals surface area (Å²) in [6, 6.07) is 5.35. The average Bonchev–Trinajstić information content (AvgIpc) is 2.55. The summed E-state index contributed by atoms with van der Waals surface area (Å²) in [5.41, 5.74) is 0.942. The first-order chi connectivity index (χ1) is 9.11. The summed E-state index contributed by atoms with van der Waals surface area (Å²) in [5.74, 6) is 0.890. The van der Waals surface area contributed by atoms with E-state index in [0.717, 1.165) is 30.8 Å². The molecule has 0 radical (unpaired) electrons. The van der Waals surface area contributed by atoms with Gasteiger partial charge in [0.2, 0.25) is 5.91 Å². The van der Waals surface area contributed by atoms with Gasteiger partial charge in [0.25, 0.3) is 0 Å². The molecule has 0 aliphatic carbocycles. The van der Waals surface area contributed by atoms with E-state index in [9.17, 15) is 4.79 Å². The number of methoxy groups -OCH3 is 1. The van der Waals surface area contributed by atoms with Crippen molar-refractivity contribution in [2.45, 2.75) is 25.9 Å². The highest BCUT2D eigenvalue weighted by atomic mass is 35.5. The predicted octanol–water partition coefficient (Wildman–Crippen LogP) is 2.06. The molecule has 1 amide bonds. The van der Waals surface area contributed by atoms with Gasteiger partial charge < -0.3 is 15.0 Å². The lowest BCUT2D eigenvalue weighted by Gasteiger charge is -2.23. The predicted molar refractivity (Wildman–Crippen MR) is 75.5 cm³/mol. The van der Waals surface area contributed by atoms with Gasteiger partial charge >= 0.3 is 0 Å². The van der Waals surface area contributed by atoms with E-state index in [1.165, 1.54) is 0 Å². The lowest BCUT2D eigenvalue weighted by Crippen LogP contribution is -2.41. The molecule has 1 aromatic carbocycles. The zero-order chi connectivity index (χ0) is 13.8. The maximum atomic E-state index is 12.2. The van der Waals surface area contributed by atoms with Crippen LogP contribution in [0.5, 0.6) is 5.75 Å². The fourth-order valence-corrected chi connectivity index (χ4v) is 2.49. The molecular weight excluding hydrogens is 264 g/mol. The summed E-state index contributed by atoms with van der Waals surface area (Å²) in [7, 11) is 1.63. The van der Waals surface area contributed by atoms with Gasteiger partial charge in [-0.1, -0.05) is 11.6 Å². The Morgan fingerprint density at radius 2 is 2.32 bits per heavy atom. The quantitative estimate of drug-likeness (QED) is 0.923. The molecule has 0 spiro atoms. The summed E-state index contributed by atoms with van der Waals surface area (Å²) >= 11 is 6.02. The third-order valence-corrected chi connectivity index (χ3v) is 3.58. The van der Waals surface area contributed by atoms with Gasteiger partial charge in [-0.15, -0.1) is 0 Å². The molecule has 1 saturated heterocycles. The standard InChI is InChI=1S/C14H19ClN2O2/c1-10-14(18)17(7-3-6-16-10)9-11-8-12(15)4-5-13(11)19-2/h4-5,8,10,16H,3,6-7,9H2,1-2H3. The second kappa shape index (κ2) is 6.26. The molecule has 0 saturated carbocycles. The number of ether oxygens (including phenoxy) is 1. The summed E-state index contributed by atoms with van der Waals surface area (Å²) < 4.78 is 5.32. The zero-order valence-corrected chi connectivity index (χ0v) is 12.0. The van der Waals surface area contributed by atoms with Crippen LogP contribution < -0.4 is 10.1 Å². The maximum Gasteiger partial charge on any atom is 0.239 e. The smallest absolute Gasteiger partial charge is 0.239 e. The molecule has 1 atom stereocenters. The Kier molecular flexibility index (Phi) is 4.66. The van der Waals surface area contributed by atoms with Crippen molar-refractivity contribution >= 4 is 17.5 Å². The monoisotopic (exact) mass is 282 g/mol. The lowest BCUT2D eigenvalue weighted by atomic mass is 10.1. The fourth-order valence-electron chi connectivity index (χ4n) is 2.29. The van der Waals surface area contributed by atoms with Crippen LogP contribution in [0.25, 0.3) is 0 Å². The minimum absolute atomic E-state index is 0.125. The van der Waals surface area contributed by atoms with Crippen molar-refractivity contribution in [3.05, 3.63) is 28.8 Å². The lowest BCUT2D eigenvalue weighted by molar-refractivity contribution is -0.132. The van der Waals surface area contributed by atoms with Crippen molar-refractivity contribution in [3.8, 4) is 5.75 Å². The Balaban J connectivity index is 2.19. The van der Waals surface area contributed by atoms with E-state index in [1.807, 2.05) is 24.0 Å². The third kappa shape index (κ3) is 3.39. The summed E-state index contributed by atoms with van der Waals surface area (Å²) in [6.07, 6.45) is 0.957. The van der Waals surface area contributed by atoms with Crippen LogP contribution >= 0.6 is 11.6 Å². The largest absolute Gasteiger partial charge is 0.496 e. The number of halogens is 1. The number of nitrogens with zero attached hydrogens (tertiary/aromatic N) is 1. The van der Waals surface area contributed by atoms with Gasteiger partial charge in [-0.05, 0) is 38.1 Å². The van der Waals surface area contributed by atoms with Gasteiger partial charge in [-0.25, -0.2) is 0 Å². The summed E-state index contributed by atoms with van der Waals surface area (Å²) in [6.45, 7) is 4.06. The molecular formula is C14H19ClN2O2. The van der Waals surface area contributed by atoms with Crippen LogP contribution in [0.2, 0.25) is 5.02 Å². The highest BCUT2D eigenvalue weighted by Crippen LogP contribution is 2.24. The number of amides is 1. The van der Waals surface area contributed by atoms with Crippen LogP contribution in [0, 0.1) is 0 Å². The maximum absolute atomic E-state index is 12.2. The minimum Gasteiger partial charge on any atom is -0.496 e. The summed E-state index contributed by atoms with van der Waals surface area (Å²) in [5, 5.41) is 3.86. The van der Waals surface area contributed by atoms with Crippen molar-refractivity contribution in [2.24, 2.45) is 0 Å². The van der Waals surface area contributed by atoms with Crippen molar-refractivity contribution in [1.82, 2.24) is 10.2 Å². The molecule has 104 valence electrons. The van der Waals surface area contributed by atoms with Gasteiger partial charge in [-0.3, -0.25) is 4.79 Å². The van der Waals surface area contributed by atoms with Gasteiger partial charge in [0.1, 0.15) is 5.75 Å². The van der Waals surface area contributed by atoms with Gasteiger partial charge in [0, 0.05) is 23.7 Å². The molecule has 2 rings (SSSR count). The van der Waals surface area contributed by atoms with Crippen LogP contribution in [0.15, 0.2) is 18.2 Å². The second-order valence-corrected chi connectivity index (χ2v) is 5.18. The van der Waals surface area contributed by atoms with E-state index in [2.05, 4.69) is 5.32 Å². The molecule has 1 fully saturated rings. The molecule has 1 unspecified atom stereocenters. The molecule has 4 nitrogen and oxygen atoms in total. The van der Waals surface area contributed by atoms with Crippen molar-refractivity contribution in [2.75, 3.05) is 20.2 Å². The Morgan fingerprint density at radius 1 is 1.53 bits per heavy atom. The number of benzene rings is 1. The van der Waals surface area contributed by atoms with E-state index < -0.39 is 0 Å². The molecule has 5 heteroatoms. The SMILES string of the molecule is COc1ccc(Cl)cc1CN1CCCNC(C)C1=O. The highest BCUT2D eigenvalue weighted by Gasteiger charge is 2.23. The van der Waals surface area contributed by atoms with Gasteiger partial charge in [0.15, 0.2) is 0 Å². The number of hydrogen-bond donors (Lipinski definition) is 1. The molecule has 0 aromatic heterocycles. The molecule has 0 bridgehead atoms. The number of rotatable bonds is 3. The molecule has 1 heterocycles. The van der Waals surface area contributed by atoms with Crippen molar-refractivity contribution < 1.29 is 9.53 Å². The van der Waals surface area contributed by atoms with Crippen LogP contribution in [-0.2, 0) is 11.3 Å².